The molecule has 0 spiro atoms. The largest absolute Gasteiger partial charge is 0.247 e. The van der Waals surface area contributed by atoms with E-state index in [1.165, 1.54) is 0 Å². The summed E-state index contributed by atoms with van der Waals surface area (Å²) in [4.78, 5) is 0. The molecule has 0 bridgehead atoms. The second-order valence-electron chi connectivity index (χ2n) is 2.87. The van der Waals surface area contributed by atoms with Crippen LogP contribution in [0.25, 0.3) is 0 Å². The maximum absolute atomic E-state index is 12.7. The molecule has 0 aromatic carbocycles. The zero-order chi connectivity index (χ0) is 7.98. The zero-order valence-electron chi connectivity index (χ0n) is 6.94. The van der Waals surface area contributed by atoms with Gasteiger partial charge in [-0.05, 0) is 25.2 Å². The van der Waals surface area contributed by atoms with E-state index in [0.29, 0.717) is 18.8 Å². The molecule has 0 heterocycles. The molecule has 0 aliphatic heterocycles. The Kier molecular flexibility index (Phi) is 5.27. The fourth-order valence-corrected chi connectivity index (χ4v) is 0.984. The van der Waals surface area contributed by atoms with Crippen molar-refractivity contribution in [1.29, 1.82) is 0 Å². The van der Waals surface area contributed by atoms with Crippen LogP contribution in [0.3, 0.4) is 0 Å². The number of allylic oxidation sites excluding steroid dienone is 1. The van der Waals surface area contributed by atoms with Gasteiger partial charge in [0, 0.05) is 0 Å². The van der Waals surface area contributed by atoms with Gasteiger partial charge in [0.1, 0.15) is 6.17 Å². The van der Waals surface area contributed by atoms with E-state index in [-0.39, 0.29) is 0 Å². The van der Waals surface area contributed by atoms with Crippen molar-refractivity contribution in [3.8, 4) is 0 Å². The quantitative estimate of drug-likeness (QED) is 0.519. The molecule has 60 valence electrons. The molecule has 1 unspecified atom stereocenters. The Morgan fingerprint density at radius 3 is 2.60 bits per heavy atom. The van der Waals surface area contributed by atoms with E-state index in [4.69, 9.17) is 0 Å². The molecule has 0 fully saturated rings. The molecule has 0 aromatic heterocycles. The van der Waals surface area contributed by atoms with Crippen molar-refractivity contribution in [2.24, 2.45) is 5.92 Å². The highest BCUT2D eigenvalue weighted by Gasteiger charge is 2.07. The molecule has 1 heteroatoms. The van der Waals surface area contributed by atoms with E-state index >= 15 is 0 Å². The summed E-state index contributed by atoms with van der Waals surface area (Å²) >= 11 is 0. The lowest BCUT2D eigenvalue weighted by molar-refractivity contribution is 0.268. The van der Waals surface area contributed by atoms with E-state index < -0.39 is 6.17 Å². The summed E-state index contributed by atoms with van der Waals surface area (Å²) in [5, 5.41) is 0. The van der Waals surface area contributed by atoms with Crippen LogP contribution >= 0.6 is 0 Å². The van der Waals surface area contributed by atoms with E-state index in [1.54, 1.807) is 0 Å². The van der Waals surface area contributed by atoms with Gasteiger partial charge in [-0.25, -0.2) is 4.39 Å². The Labute approximate surface area is 63.1 Å². The van der Waals surface area contributed by atoms with E-state index in [9.17, 15) is 4.39 Å². The van der Waals surface area contributed by atoms with E-state index in [1.807, 2.05) is 13.0 Å². The molecule has 10 heavy (non-hydrogen) atoms. The summed E-state index contributed by atoms with van der Waals surface area (Å²) in [7, 11) is 0. The van der Waals surface area contributed by atoms with Crippen molar-refractivity contribution in [2.75, 3.05) is 0 Å². The van der Waals surface area contributed by atoms with Crippen LogP contribution in [0.1, 0.15) is 33.1 Å². The first-order valence-electron chi connectivity index (χ1n) is 3.95. The van der Waals surface area contributed by atoms with Crippen molar-refractivity contribution < 1.29 is 4.39 Å². The SMILES string of the molecule is C=CCC(C)C[C@H](F)CC. The van der Waals surface area contributed by atoms with Gasteiger partial charge >= 0.3 is 0 Å². The van der Waals surface area contributed by atoms with Crippen molar-refractivity contribution in [2.45, 2.75) is 39.3 Å². The first-order valence-corrected chi connectivity index (χ1v) is 3.95. The lowest BCUT2D eigenvalue weighted by atomic mass is 10.00. The van der Waals surface area contributed by atoms with Gasteiger partial charge in [0.05, 0.1) is 0 Å². The standard InChI is InChI=1S/C9H17F/c1-4-6-8(3)7-9(10)5-2/h4,8-9H,1,5-7H2,2-3H3/t8?,9-/m1/s1. The molecule has 2 atom stereocenters. The molecule has 0 aromatic rings. The molecular weight excluding hydrogens is 127 g/mol. The minimum Gasteiger partial charge on any atom is -0.247 e. The maximum atomic E-state index is 12.7. The summed E-state index contributed by atoms with van der Waals surface area (Å²) in [5.74, 6) is 0.451. The predicted molar refractivity (Wildman–Crippen MR) is 43.8 cm³/mol. The van der Waals surface area contributed by atoms with Gasteiger partial charge in [0.25, 0.3) is 0 Å². The van der Waals surface area contributed by atoms with Crippen molar-refractivity contribution in [1.82, 2.24) is 0 Å². The van der Waals surface area contributed by atoms with Crippen LogP contribution in [0.2, 0.25) is 0 Å². The summed E-state index contributed by atoms with van der Waals surface area (Å²) in [6, 6.07) is 0. The summed E-state index contributed by atoms with van der Waals surface area (Å²) in [6.45, 7) is 7.55. The number of halogens is 1. The van der Waals surface area contributed by atoms with Crippen LogP contribution in [0.15, 0.2) is 12.7 Å². The average molecular weight is 144 g/mol. The average Bonchev–Trinajstić information content (AvgIpc) is 1.88. The van der Waals surface area contributed by atoms with Gasteiger partial charge in [0.2, 0.25) is 0 Å². The molecule has 0 nitrogen and oxygen atoms in total. The minimum absolute atomic E-state index is 0.451. The van der Waals surface area contributed by atoms with Gasteiger partial charge in [-0.2, -0.15) is 0 Å². The third-order valence-electron chi connectivity index (χ3n) is 1.67. The van der Waals surface area contributed by atoms with Gasteiger partial charge in [-0.1, -0.05) is 19.9 Å². The molecule has 0 aliphatic carbocycles. The van der Waals surface area contributed by atoms with E-state index in [2.05, 4.69) is 13.5 Å². The maximum Gasteiger partial charge on any atom is 0.100 e. The van der Waals surface area contributed by atoms with Crippen LogP contribution in [0.5, 0.6) is 0 Å². The summed E-state index contributed by atoms with van der Waals surface area (Å²) in [5.41, 5.74) is 0. The summed E-state index contributed by atoms with van der Waals surface area (Å²) < 4.78 is 12.7. The molecule has 0 saturated heterocycles. The lowest BCUT2D eigenvalue weighted by Crippen LogP contribution is -2.04. The molecule has 0 radical (unpaired) electrons. The Bertz CT molecular complexity index is 88.7. The van der Waals surface area contributed by atoms with Crippen molar-refractivity contribution in [3.05, 3.63) is 12.7 Å². The second kappa shape index (κ2) is 5.45. The topological polar surface area (TPSA) is 0 Å². The summed E-state index contributed by atoms with van der Waals surface area (Å²) in [6.07, 6.45) is 3.49. The Hall–Kier alpha value is -0.330. The van der Waals surface area contributed by atoms with Gasteiger partial charge in [-0.15, -0.1) is 6.58 Å². The third-order valence-corrected chi connectivity index (χ3v) is 1.67. The highest BCUT2D eigenvalue weighted by atomic mass is 19.1. The second-order valence-corrected chi connectivity index (χ2v) is 2.87. The first kappa shape index (κ1) is 9.67. The van der Waals surface area contributed by atoms with Crippen LogP contribution in [-0.4, -0.2) is 6.17 Å². The minimum atomic E-state index is -0.616. The highest BCUT2D eigenvalue weighted by Crippen LogP contribution is 2.14. The van der Waals surface area contributed by atoms with Crippen LogP contribution in [0.4, 0.5) is 4.39 Å². The smallest absolute Gasteiger partial charge is 0.100 e. The number of hydrogen-bond acceptors (Lipinski definition) is 0. The Morgan fingerprint density at radius 1 is 1.60 bits per heavy atom. The number of alkyl halides is 1. The first-order chi connectivity index (χ1) is 4.70. The normalized spacial score (nSPS) is 16.3. The molecule has 0 saturated carbocycles. The molecule has 0 aliphatic rings. The van der Waals surface area contributed by atoms with Gasteiger partial charge in [-0.3, -0.25) is 0 Å². The van der Waals surface area contributed by atoms with Crippen molar-refractivity contribution in [3.63, 3.8) is 0 Å². The Morgan fingerprint density at radius 2 is 2.20 bits per heavy atom. The zero-order valence-corrected chi connectivity index (χ0v) is 6.94. The van der Waals surface area contributed by atoms with Crippen LogP contribution in [-0.2, 0) is 0 Å². The van der Waals surface area contributed by atoms with Crippen LogP contribution in [0, 0.1) is 5.92 Å². The van der Waals surface area contributed by atoms with Gasteiger partial charge < -0.3 is 0 Å². The monoisotopic (exact) mass is 144 g/mol. The predicted octanol–water partition coefficient (Wildman–Crippen LogP) is 3.34. The molecule has 0 rings (SSSR count). The van der Waals surface area contributed by atoms with E-state index in [0.717, 1.165) is 6.42 Å². The lowest BCUT2D eigenvalue weighted by Gasteiger charge is -2.10. The highest BCUT2D eigenvalue weighted by molar-refractivity contribution is 4.72. The fraction of sp³-hybridized carbons (Fsp3) is 0.778. The number of hydrogen-bond donors (Lipinski definition) is 0. The van der Waals surface area contributed by atoms with Gasteiger partial charge in [0.15, 0.2) is 0 Å². The Balaban J connectivity index is 3.35. The molecule has 0 amide bonds. The third kappa shape index (κ3) is 4.54. The fourth-order valence-electron chi connectivity index (χ4n) is 0.984. The van der Waals surface area contributed by atoms with Crippen molar-refractivity contribution >= 4 is 0 Å². The number of rotatable bonds is 5. The molecular formula is C9H17F. The van der Waals surface area contributed by atoms with Crippen LogP contribution < -0.4 is 0 Å². The molecule has 0 N–H and O–H groups in total.